The fourth-order valence-corrected chi connectivity index (χ4v) is 4.10. The molecule has 5 nitrogen and oxygen atoms in total. The molecule has 2 heterocycles. The maximum Gasteiger partial charge on any atom is 0.219 e. The molecule has 1 aliphatic heterocycles. The highest BCUT2D eigenvalue weighted by Gasteiger charge is 2.26. The second-order valence-corrected chi connectivity index (χ2v) is 7.92. The largest absolute Gasteiger partial charge is 0.344 e. The summed E-state index contributed by atoms with van der Waals surface area (Å²) < 4.78 is 2.22. The van der Waals surface area contributed by atoms with Crippen LogP contribution in [0.15, 0.2) is 36.4 Å². The van der Waals surface area contributed by atoms with Crippen molar-refractivity contribution in [2.45, 2.75) is 46.2 Å². The molecule has 1 fully saturated rings. The third-order valence-electron chi connectivity index (χ3n) is 6.03. The predicted octanol–water partition coefficient (Wildman–Crippen LogP) is 3.28. The normalized spacial score (nSPS) is 15.6. The van der Waals surface area contributed by atoms with Crippen molar-refractivity contribution in [1.82, 2.24) is 14.4 Å². The predicted molar refractivity (Wildman–Crippen MR) is 112 cm³/mol. The van der Waals surface area contributed by atoms with Gasteiger partial charge in [-0.05, 0) is 38.3 Å². The fourth-order valence-electron chi connectivity index (χ4n) is 4.10. The van der Waals surface area contributed by atoms with Crippen molar-refractivity contribution >= 4 is 11.7 Å². The van der Waals surface area contributed by atoms with Gasteiger partial charge in [0.1, 0.15) is 0 Å². The quantitative estimate of drug-likeness (QED) is 0.722. The molecule has 28 heavy (non-hydrogen) atoms. The van der Waals surface area contributed by atoms with Crippen LogP contribution in [-0.2, 0) is 11.3 Å². The topological polar surface area (TPSA) is 45.6 Å². The first-order chi connectivity index (χ1) is 13.4. The van der Waals surface area contributed by atoms with Gasteiger partial charge in [-0.15, -0.1) is 0 Å². The Kier molecular flexibility index (Phi) is 6.35. The highest BCUT2D eigenvalue weighted by Crippen LogP contribution is 2.20. The minimum atomic E-state index is 0.111. The molecule has 0 bridgehead atoms. The molecular formula is C23H31N3O2. The summed E-state index contributed by atoms with van der Waals surface area (Å²) in [7, 11) is 1.87. The van der Waals surface area contributed by atoms with Crippen LogP contribution in [0, 0.1) is 13.8 Å². The van der Waals surface area contributed by atoms with Crippen LogP contribution in [0.25, 0.3) is 0 Å². The average molecular weight is 382 g/mol. The summed E-state index contributed by atoms with van der Waals surface area (Å²) in [4.78, 5) is 28.5. The molecule has 1 amide bonds. The number of carbonyl (C=O) groups excluding carboxylic acids is 2. The SMILES string of the molecule is CC(=O)N(C)C1CCN(CC(=O)c2cc(C)n(Cc3ccccc3)c2C)CC1. The molecule has 1 aliphatic rings. The zero-order chi connectivity index (χ0) is 20.3. The Hall–Kier alpha value is -2.40. The summed E-state index contributed by atoms with van der Waals surface area (Å²) in [5, 5.41) is 0. The first-order valence-electron chi connectivity index (χ1n) is 10.1. The fraction of sp³-hybridized carbons (Fsp3) is 0.478. The van der Waals surface area contributed by atoms with Crippen LogP contribution in [0.3, 0.4) is 0 Å². The van der Waals surface area contributed by atoms with Crippen molar-refractivity contribution in [3.63, 3.8) is 0 Å². The molecule has 0 N–H and O–H groups in total. The van der Waals surface area contributed by atoms with Gasteiger partial charge in [0.2, 0.25) is 5.91 Å². The van der Waals surface area contributed by atoms with Gasteiger partial charge >= 0.3 is 0 Å². The zero-order valence-corrected chi connectivity index (χ0v) is 17.4. The Bertz CT molecular complexity index is 833. The lowest BCUT2D eigenvalue weighted by molar-refractivity contribution is -0.130. The Labute approximate surface area is 167 Å². The van der Waals surface area contributed by atoms with E-state index in [1.165, 1.54) is 5.56 Å². The van der Waals surface area contributed by atoms with Gasteiger partial charge in [0.25, 0.3) is 0 Å². The number of Topliss-reactive ketones (excluding diaryl/α,β-unsaturated/α-hetero) is 1. The Morgan fingerprint density at radius 1 is 1.11 bits per heavy atom. The molecule has 3 rings (SSSR count). The summed E-state index contributed by atoms with van der Waals surface area (Å²) in [6, 6.07) is 12.7. The van der Waals surface area contributed by atoms with Crippen molar-refractivity contribution in [3.8, 4) is 0 Å². The van der Waals surface area contributed by atoms with Crippen molar-refractivity contribution in [1.29, 1.82) is 0 Å². The van der Waals surface area contributed by atoms with Gasteiger partial charge in [-0.1, -0.05) is 30.3 Å². The van der Waals surface area contributed by atoms with E-state index in [1.807, 2.05) is 43.1 Å². The van der Waals surface area contributed by atoms with Crippen LogP contribution in [-0.4, -0.2) is 58.8 Å². The summed E-state index contributed by atoms with van der Waals surface area (Å²) in [5.74, 6) is 0.297. The summed E-state index contributed by atoms with van der Waals surface area (Å²) in [6.45, 7) is 8.67. The molecule has 0 spiro atoms. The lowest BCUT2D eigenvalue weighted by atomic mass is 10.0. The first kappa shape index (κ1) is 20.3. The van der Waals surface area contributed by atoms with Crippen LogP contribution < -0.4 is 0 Å². The monoisotopic (exact) mass is 381 g/mol. The van der Waals surface area contributed by atoms with Gasteiger partial charge in [0.05, 0.1) is 6.54 Å². The van der Waals surface area contributed by atoms with E-state index in [1.54, 1.807) is 6.92 Å². The van der Waals surface area contributed by atoms with Crippen molar-refractivity contribution in [2.24, 2.45) is 0 Å². The minimum Gasteiger partial charge on any atom is -0.344 e. The van der Waals surface area contributed by atoms with E-state index in [-0.39, 0.29) is 11.7 Å². The molecule has 5 heteroatoms. The number of hydrogen-bond acceptors (Lipinski definition) is 3. The number of rotatable bonds is 6. The first-order valence-corrected chi connectivity index (χ1v) is 10.1. The van der Waals surface area contributed by atoms with Crippen LogP contribution in [0.1, 0.15) is 47.1 Å². The zero-order valence-electron chi connectivity index (χ0n) is 17.4. The number of aryl methyl sites for hydroxylation is 1. The van der Waals surface area contributed by atoms with E-state index in [9.17, 15) is 9.59 Å². The minimum absolute atomic E-state index is 0.111. The molecular weight excluding hydrogens is 350 g/mol. The van der Waals surface area contributed by atoms with Crippen molar-refractivity contribution < 1.29 is 9.59 Å². The van der Waals surface area contributed by atoms with Crippen LogP contribution in [0.4, 0.5) is 0 Å². The van der Waals surface area contributed by atoms with Gasteiger partial charge in [-0.25, -0.2) is 0 Å². The number of benzene rings is 1. The summed E-state index contributed by atoms with van der Waals surface area (Å²) in [6.07, 6.45) is 1.85. The molecule has 1 aromatic heterocycles. The third kappa shape index (κ3) is 4.53. The number of aromatic nitrogens is 1. The van der Waals surface area contributed by atoms with Crippen LogP contribution >= 0.6 is 0 Å². The number of hydrogen-bond donors (Lipinski definition) is 0. The maximum absolute atomic E-state index is 13.0. The highest BCUT2D eigenvalue weighted by molar-refractivity contribution is 5.99. The molecule has 0 unspecified atom stereocenters. The number of amides is 1. The lowest BCUT2D eigenvalue weighted by Gasteiger charge is -2.36. The van der Waals surface area contributed by atoms with Gasteiger partial charge in [-0.3, -0.25) is 14.5 Å². The lowest BCUT2D eigenvalue weighted by Crippen LogP contribution is -2.46. The van der Waals surface area contributed by atoms with Crippen LogP contribution in [0.2, 0.25) is 0 Å². The maximum atomic E-state index is 13.0. The highest BCUT2D eigenvalue weighted by atomic mass is 16.2. The molecule has 1 aromatic carbocycles. The molecule has 0 saturated carbocycles. The van der Waals surface area contributed by atoms with Crippen molar-refractivity contribution in [3.05, 3.63) is 58.9 Å². The smallest absolute Gasteiger partial charge is 0.219 e. The standard InChI is InChI=1S/C23H31N3O2/c1-17-14-22(18(2)26(17)15-20-8-6-5-7-9-20)23(28)16-25-12-10-21(11-13-25)24(4)19(3)27/h5-9,14,21H,10-13,15-16H2,1-4H3. The average Bonchev–Trinajstić information content (AvgIpc) is 2.97. The summed E-state index contributed by atoms with van der Waals surface area (Å²) >= 11 is 0. The van der Waals surface area contributed by atoms with E-state index in [4.69, 9.17) is 0 Å². The second-order valence-electron chi connectivity index (χ2n) is 7.92. The molecule has 0 aliphatic carbocycles. The molecule has 0 atom stereocenters. The number of likely N-dealkylation sites (tertiary alicyclic amines) is 1. The van der Waals surface area contributed by atoms with E-state index in [0.717, 1.165) is 49.4 Å². The third-order valence-corrected chi connectivity index (χ3v) is 6.03. The molecule has 0 radical (unpaired) electrons. The number of piperidine rings is 1. The van der Waals surface area contributed by atoms with Gasteiger partial charge < -0.3 is 9.47 Å². The molecule has 1 saturated heterocycles. The van der Waals surface area contributed by atoms with E-state index >= 15 is 0 Å². The Morgan fingerprint density at radius 3 is 2.36 bits per heavy atom. The van der Waals surface area contributed by atoms with Gasteiger partial charge in [0, 0.05) is 56.6 Å². The van der Waals surface area contributed by atoms with E-state index in [2.05, 4.69) is 28.5 Å². The second kappa shape index (κ2) is 8.74. The number of ketones is 1. The summed E-state index contributed by atoms with van der Waals surface area (Å²) in [5.41, 5.74) is 4.22. The Balaban J connectivity index is 1.62. The molecule has 150 valence electrons. The van der Waals surface area contributed by atoms with E-state index in [0.29, 0.717) is 12.6 Å². The number of nitrogens with zero attached hydrogens (tertiary/aromatic N) is 3. The Morgan fingerprint density at radius 2 is 1.75 bits per heavy atom. The van der Waals surface area contributed by atoms with Gasteiger partial charge in [0.15, 0.2) is 5.78 Å². The van der Waals surface area contributed by atoms with Gasteiger partial charge in [-0.2, -0.15) is 0 Å². The van der Waals surface area contributed by atoms with Crippen molar-refractivity contribution in [2.75, 3.05) is 26.7 Å². The van der Waals surface area contributed by atoms with E-state index < -0.39 is 0 Å². The number of carbonyl (C=O) groups is 2. The van der Waals surface area contributed by atoms with Crippen LogP contribution in [0.5, 0.6) is 0 Å². The molecule has 2 aromatic rings.